The standard InChI is InChI=1S/C22H29N3O/c1-3-23-20(24-16-21(2,26)18-10-6-4-7-11-18)25-17-22(14-15-22)19-12-8-5-9-13-19/h4-13,26H,3,14-17H2,1-2H3,(H2,23,24,25). The first-order valence-electron chi connectivity index (χ1n) is 9.41. The number of nitrogens with zero attached hydrogens (tertiary/aromatic N) is 1. The summed E-state index contributed by atoms with van der Waals surface area (Å²) in [4.78, 5) is 4.63. The zero-order valence-electron chi connectivity index (χ0n) is 15.7. The van der Waals surface area contributed by atoms with Gasteiger partial charge in [0.25, 0.3) is 0 Å². The van der Waals surface area contributed by atoms with Gasteiger partial charge in [-0.1, -0.05) is 60.7 Å². The van der Waals surface area contributed by atoms with Gasteiger partial charge >= 0.3 is 0 Å². The average molecular weight is 351 g/mol. The molecule has 2 aromatic carbocycles. The number of aliphatic imine (C=N–C) groups is 1. The molecule has 3 rings (SSSR count). The average Bonchev–Trinajstić information content (AvgIpc) is 3.47. The number of benzene rings is 2. The van der Waals surface area contributed by atoms with Crippen LogP contribution in [0.5, 0.6) is 0 Å². The van der Waals surface area contributed by atoms with E-state index in [2.05, 4.69) is 52.9 Å². The predicted molar refractivity (Wildman–Crippen MR) is 107 cm³/mol. The Morgan fingerprint density at radius 3 is 2.23 bits per heavy atom. The molecule has 0 bridgehead atoms. The van der Waals surface area contributed by atoms with E-state index in [9.17, 15) is 5.11 Å². The molecule has 0 radical (unpaired) electrons. The van der Waals surface area contributed by atoms with Crippen LogP contribution < -0.4 is 10.6 Å². The molecule has 1 saturated carbocycles. The second-order valence-corrected chi connectivity index (χ2v) is 7.33. The Balaban J connectivity index is 1.65. The molecule has 0 heterocycles. The van der Waals surface area contributed by atoms with Crippen LogP contribution in [0.25, 0.3) is 0 Å². The maximum atomic E-state index is 10.8. The molecule has 4 heteroatoms. The second-order valence-electron chi connectivity index (χ2n) is 7.33. The highest BCUT2D eigenvalue weighted by Crippen LogP contribution is 2.47. The molecule has 0 aliphatic heterocycles. The van der Waals surface area contributed by atoms with Crippen molar-refractivity contribution >= 4 is 5.96 Å². The lowest BCUT2D eigenvalue weighted by atomic mass is 9.96. The molecule has 1 aliphatic rings. The van der Waals surface area contributed by atoms with E-state index in [4.69, 9.17) is 0 Å². The minimum atomic E-state index is -0.986. The van der Waals surface area contributed by atoms with E-state index in [-0.39, 0.29) is 5.41 Å². The third kappa shape index (κ3) is 4.44. The van der Waals surface area contributed by atoms with Gasteiger partial charge in [0.15, 0.2) is 5.96 Å². The van der Waals surface area contributed by atoms with Gasteiger partial charge in [0, 0.05) is 18.5 Å². The van der Waals surface area contributed by atoms with Gasteiger partial charge in [0.1, 0.15) is 5.60 Å². The van der Waals surface area contributed by atoms with Crippen molar-refractivity contribution in [1.82, 2.24) is 10.6 Å². The van der Waals surface area contributed by atoms with Crippen molar-refractivity contribution in [2.24, 2.45) is 4.99 Å². The van der Waals surface area contributed by atoms with Gasteiger partial charge in [0.2, 0.25) is 0 Å². The number of aliphatic hydroxyl groups is 1. The number of hydrogen-bond acceptors (Lipinski definition) is 2. The molecule has 3 N–H and O–H groups in total. The normalized spacial score (nSPS) is 18.0. The molecule has 1 aliphatic carbocycles. The van der Waals surface area contributed by atoms with Crippen molar-refractivity contribution in [3.8, 4) is 0 Å². The molecule has 1 atom stereocenters. The van der Waals surface area contributed by atoms with Gasteiger partial charge in [-0.25, -0.2) is 4.99 Å². The number of hydrogen-bond donors (Lipinski definition) is 3. The van der Waals surface area contributed by atoms with Crippen LogP contribution in [0.3, 0.4) is 0 Å². The Morgan fingerprint density at radius 1 is 1.04 bits per heavy atom. The lowest BCUT2D eigenvalue weighted by Crippen LogP contribution is -2.42. The topological polar surface area (TPSA) is 56.7 Å². The molecule has 0 amide bonds. The van der Waals surface area contributed by atoms with E-state index in [0.29, 0.717) is 6.54 Å². The number of nitrogens with one attached hydrogen (secondary N) is 2. The van der Waals surface area contributed by atoms with E-state index < -0.39 is 5.60 Å². The van der Waals surface area contributed by atoms with Crippen molar-refractivity contribution in [2.45, 2.75) is 37.7 Å². The summed E-state index contributed by atoms with van der Waals surface area (Å²) in [6.07, 6.45) is 2.40. The fourth-order valence-corrected chi connectivity index (χ4v) is 3.23. The van der Waals surface area contributed by atoms with Crippen LogP contribution in [-0.2, 0) is 11.0 Å². The lowest BCUT2D eigenvalue weighted by Gasteiger charge is -2.23. The molecular formula is C22H29N3O. The van der Waals surface area contributed by atoms with Crippen molar-refractivity contribution in [3.05, 3.63) is 71.8 Å². The van der Waals surface area contributed by atoms with Crippen molar-refractivity contribution < 1.29 is 5.11 Å². The minimum absolute atomic E-state index is 0.222. The molecule has 1 unspecified atom stereocenters. The van der Waals surface area contributed by atoms with Crippen molar-refractivity contribution in [3.63, 3.8) is 0 Å². The van der Waals surface area contributed by atoms with Gasteiger partial charge in [-0.2, -0.15) is 0 Å². The summed E-state index contributed by atoms with van der Waals surface area (Å²) in [7, 11) is 0. The first-order valence-corrected chi connectivity index (χ1v) is 9.41. The highest BCUT2D eigenvalue weighted by Gasteiger charge is 2.44. The molecule has 2 aromatic rings. The van der Waals surface area contributed by atoms with Crippen LogP contribution in [0.4, 0.5) is 0 Å². The van der Waals surface area contributed by atoms with Gasteiger partial charge in [-0.3, -0.25) is 0 Å². The van der Waals surface area contributed by atoms with Crippen LogP contribution in [0.1, 0.15) is 37.8 Å². The molecule has 0 spiro atoms. The zero-order valence-corrected chi connectivity index (χ0v) is 15.7. The Hall–Kier alpha value is -2.33. The molecule has 0 aromatic heterocycles. The Kier molecular flexibility index (Phi) is 5.62. The van der Waals surface area contributed by atoms with Crippen molar-refractivity contribution in [2.75, 3.05) is 19.6 Å². The van der Waals surface area contributed by atoms with E-state index in [1.54, 1.807) is 0 Å². The Labute approximate surface area is 156 Å². The third-order valence-corrected chi connectivity index (χ3v) is 5.12. The monoisotopic (exact) mass is 351 g/mol. The number of rotatable bonds is 7. The highest BCUT2D eigenvalue weighted by molar-refractivity contribution is 5.80. The molecule has 0 saturated heterocycles. The summed E-state index contributed by atoms with van der Waals surface area (Å²) in [5, 5.41) is 17.5. The summed E-state index contributed by atoms with van der Waals surface area (Å²) in [5.74, 6) is 0.755. The molecule has 26 heavy (non-hydrogen) atoms. The first-order chi connectivity index (χ1) is 12.6. The van der Waals surface area contributed by atoms with E-state index in [1.807, 2.05) is 37.3 Å². The molecule has 1 fully saturated rings. The van der Waals surface area contributed by atoms with Crippen LogP contribution in [0.2, 0.25) is 0 Å². The van der Waals surface area contributed by atoms with Crippen LogP contribution >= 0.6 is 0 Å². The quantitative estimate of drug-likeness (QED) is 0.530. The van der Waals surface area contributed by atoms with Crippen LogP contribution in [-0.4, -0.2) is 30.7 Å². The largest absolute Gasteiger partial charge is 0.384 e. The fraction of sp³-hybridized carbons (Fsp3) is 0.409. The minimum Gasteiger partial charge on any atom is -0.384 e. The highest BCUT2D eigenvalue weighted by atomic mass is 16.3. The maximum Gasteiger partial charge on any atom is 0.191 e. The van der Waals surface area contributed by atoms with Gasteiger partial charge in [-0.05, 0) is 37.8 Å². The molecule has 138 valence electrons. The predicted octanol–water partition coefficient (Wildman–Crippen LogP) is 3.18. The summed E-state index contributed by atoms with van der Waals surface area (Å²) in [5.41, 5.74) is 1.50. The maximum absolute atomic E-state index is 10.8. The fourth-order valence-electron chi connectivity index (χ4n) is 3.23. The zero-order chi connectivity index (χ0) is 18.5. The summed E-state index contributed by atoms with van der Waals surface area (Å²) < 4.78 is 0. The third-order valence-electron chi connectivity index (χ3n) is 5.12. The van der Waals surface area contributed by atoms with E-state index in [1.165, 1.54) is 18.4 Å². The molecular weight excluding hydrogens is 322 g/mol. The summed E-state index contributed by atoms with van der Waals surface area (Å²) in [6.45, 7) is 5.82. The smallest absolute Gasteiger partial charge is 0.191 e. The van der Waals surface area contributed by atoms with E-state index >= 15 is 0 Å². The lowest BCUT2D eigenvalue weighted by molar-refractivity contribution is 0.0672. The van der Waals surface area contributed by atoms with Gasteiger partial charge in [0.05, 0.1) is 6.54 Å². The Morgan fingerprint density at radius 2 is 1.65 bits per heavy atom. The molecule has 4 nitrogen and oxygen atoms in total. The van der Waals surface area contributed by atoms with Crippen LogP contribution in [0.15, 0.2) is 65.7 Å². The second kappa shape index (κ2) is 7.92. The number of guanidine groups is 1. The SMILES string of the molecule is CCNC(=NCC(C)(O)c1ccccc1)NCC1(c2ccccc2)CC1. The summed E-state index contributed by atoms with van der Waals surface area (Å²) in [6, 6.07) is 20.4. The summed E-state index contributed by atoms with van der Waals surface area (Å²) >= 11 is 0. The Bertz CT molecular complexity index is 722. The van der Waals surface area contributed by atoms with Crippen LogP contribution in [0, 0.1) is 0 Å². The van der Waals surface area contributed by atoms with Gasteiger partial charge in [-0.15, -0.1) is 0 Å². The van der Waals surface area contributed by atoms with Gasteiger partial charge < -0.3 is 15.7 Å². The first kappa shape index (κ1) is 18.5. The van der Waals surface area contributed by atoms with Crippen molar-refractivity contribution in [1.29, 1.82) is 0 Å². The van der Waals surface area contributed by atoms with E-state index in [0.717, 1.165) is 24.6 Å².